The predicted octanol–water partition coefficient (Wildman–Crippen LogP) is 13.0. The fourth-order valence-corrected chi connectivity index (χ4v) is 8.64. The van der Waals surface area contributed by atoms with Crippen molar-refractivity contribution in [1.29, 1.82) is 0 Å². The van der Waals surface area contributed by atoms with Crippen molar-refractivity contribution in [3.63, 3.8) is 0 Å². The predicted molar refractivity (Wildman–Crippen MR) is 205 cm³/mol. The Kier molecular flexibility index (Phi) is 18.4. The van der Waals surface area contributed by atoms with Crippen LogP contribution in [0.3, 0.4) is 0 Å². The first kappa shape index (κ1) is 38.6. The molecule has 5 heteroatoms. The second kappa shape index (κ2) is 21.9. The van der Waals surface area contributed by atoms with Crippen molar-refractivity contribution < 1.29 is 14.5 Å². The molecule has 0 saturated heterocycles. The number of rotatable bonds is 24. The molecule has 1 N–H and O–H groups in total. The molecular weight excluding hydrogens is 603 g/mol. The van der Waals surface area contributed by atoms with E-state index in [9.17, 15) is 9.90 Å². The van der Waals surface area contributed by atoms with Crippen molar-refractivity contribution in [2.24, 2.45) is 0 Å². The van der Waals surface area contributed by atoms with Gasteiger partial charge in [0, 0.05) is 39.1 Å². The molecule has 0 spiro atoms. The van der Waals surface area contributed by atoms with Gasteiger partial charge in [0.15, 0.2) is 0 Å². The minimum Gasteiger partial charge on any atom is -0.506 e. The molecule has 0 amide bonds. The molecule has 1 aliphatic heterocycles. The Balaban J connectivity index is 1.55. The maximum atomic E-state index is 13.0. The highest BCUT2D eigenvalue weighted by atomic mass is 32.2. The first-order valence-electron chi connectivity index (χ1n) is 18.8. The van der Waals surface area contributed by atoms with Crippen LogP contribution in [0.1, 0.15) is 165 Å². The highest BCUT2D eigenvalue weighted by Gasteiger charge is 2.35. The Morgan fingerprint density at radius 2 is 1.17 bits per heavy atom. The normalized spacial score (nSPS) is 16.7. The molecule has 2 heterocycles. The fraction of sp³-hybridized carbons (Fsp3) is 0.659. The number of thioether (sulfide) groups is 1. The zero-order valence-electron chi connectivity index (χ0n) is 30.0. The summed E-state index contributed by atoms with van der Waals surface area (Å²) in [6.45, 7) is 13.1. The first-order chi connectivity index (χ1) is 22.4. The van der Waals surface area contributed by atoms with Crippen LogP contribution in [0.5, 0.6) is 0 Å². The number of carbonyl (C=O) groups excluding carboxylic acids is 1. The van der Waals surface area contributed by atoms with Gasteiger partial charge in [-0.25, -0.2) is 4.58 Å². The lowest BCUT2D eigenvalue weighted by atomic mass is 9.83. The number of aliphatic hydroxyl groups excluding tert-OH is 1. The van der Waals surface area contributed by atoms with Crippen LogP contribution in [0.15, 0.2) is 46.1 Å². The van der Waals surface area contributed by atoms with E-state index in [2.05, 4.69) is 31.4 Å². The van der Waals surface area contributed by atoms with Crippen molar-refractivity contribution in [2.45, 2.75) is 163 Å². The van der Waals surface area contributed by atoms with Gasteiger partial charge < -0.3 is 5.11 Å². The van der Waals surface area contributed by atoms with Gasteiger partial charge in [-0.1, -0.05) is 117 Å². The Morgan fingerprint density at radius 1 is 0.696 bits per heavy atom. The van der Waals surface area contributed by atoms with Crippen LogP contribution >= 0.6 is 23.1 Å². The van der Waals surface area contributed by atoms with Gasteiger partial charge in [0.05, 0.1) is 11.1 Å². The van der Waals surface area contributed by atoms with Crippen LogP contribution in [0, 0.1) is 13.8 Å². The van der Waals surface area contributed by atoms with Gasteiger partial charge >= 0.3 is 0 Å². The number of thiophene rings is 1. The van der Waals surface area contributed by atoms with Crippen LogP contribution in [-0.4, -0.2) is 33.6 Å². The van der Waals surface area contributed by atoms with Gasteiger partial charge in [-0.2, -0.15) is 0 Å². The third-order valence-electron chi connectivity index (χ3n) is 9.49. The van der Waals surface area contributed by atoms with Gasteiger partial charge in [0.25, 0.3) is 0 Å². The third kappa shape index (κ3) is 12.6. The molecule has 3 rings (SSSR count). The average Bonchev–Trinajstić information content (AvgIpc) is 3.57. The summed E-state index contributed by atoms with van der Waals surface area (Å²) in [6, 6.07) is 2.01. The molecule has 0 radical (unpaired) electrons. The largest absolute Gasteiger partial charge is 0.506 e. The van der Waals surface area contributed by atoms with Crippen LogP contribution < -0.4 is 0 Å². The maximum absolute atomic E-state index is 13.0. The van der Waals surface area contributed by atoms with E-state index >= 15 is 0 Å². The SMILES string of the molecule is CCCCCCCCCCCC[N+](CCCCCCCCCCCC)=C1C=C(C)/C(=C/C=C2/C(=O)C(c3cc(C)sc3C)=C2O)S1. The molecule has 46 heavy (non-hydrogen) atoms. The van der Waals surface area contributed by atoms with E-state index in [1.807, 2.05) is 43.8 Å². The molecule has 3 nitrogen and oxygen atoms in total. The van der Waals surface area contributed by atoms with Crippen LogP contribution in [0.2, 0.25) is 0 Å². The van der Waals surface area contributed by atoms with E-state index in [-0.39, 0.29) is 11.5 Å². The molecule has 256 valence electrons. The second-order valence-corrected chi connectivity index (χ2v) is 16.1. The molecule has 0 unspecified atom stereocenters. The number of aryl methyl sites for hydroxylation is 2. The summed E-state index contributed by atoms with van der Waals surface area (Å²) in [4.78, 5) is 16.4. The number of unbranched alkanes of at least 4 members (excludes halogenated alkanes) is 18. The number of aliphatic hydroxyl groups is 1. The maximum Gasteiger partial charge on any atom is 0.239 e. The highest BCUT2D eigenvalue weighted by Crippen LogP contribution is 2.40. The average molecular weight is 667 g/mol. The standard InChI is InChI=1S/C41H63NO2S2/c1-6-8-10-12-14-16-18-20-22-24-28-42(29-25-23-21-19-17-15-13-11-9-7-2)38-30-32(3)37(46-38)27-26-35-40(43)39(41(35)44)36-31-33(4)45-34(36)5/h26-27,30-31H,6-25,28-29H2,1-5H3/p+1/b37-27-. The number of allylic oxidation sites excluding steroid dienone is 5. The number of Topliss-reactive ketones (excluding diaryl/α,β-unsaturated/α-hetero) is 1. The molecule has 1 aromatic rings. The van der Waals surface area contributed by atoms with E-state index in [4.69, 9.17) is 0 Å². The van der Waals surface area contributed by atoms with Crippen molar-refractivity contribution in [1.82, 2.24) is 0 Å². The molecule has 0 aromatic carbocycles. The molecule has 2 aliphatic rings. The summed E-state index contributed by atoms with van der Waals surface area (Å²) in [5, 5.41) is 12.1. The lowest BCUT2D eigenvalue weighted by molar-refractivity contribution is -0.525. The smallest absolute Gasteiger partial charge is 0.239 e. The first-order valence-corrected chi connectivity index (χ1v) is 20.5. The minimum absolute atomic E-state index is 0.0485. The summed E-state index contributed by atoms with van der Waals surface area (Å²) in [6.07, 6.45) is 33.5. The van der Waals surface area contributed by atoms with Gasteiger partial charge in [-0.3, -0.25) is 4.79 Å². The van der Waals surface area contributed by atoms with Crippen molar-refractivity contribution >= 4 is 39.5 Å². The zero-order valence-corrected chi connectivity index (χ0v) is 31.6. The van der Waals surface area contributed by atoms with Crippen LogP contribution in [0.4, 0.5) is 0 Å². The summed E-state index contributed by atoms with van der Waals surface area (Å²) in [5.74, 6) is 0.0905. The Hall–Kier alpha value is -1.85. The van der Waals surface area contributed by atoms with E-state index in [1.165, 1.54) is 144 Å². The monoisotopic (exact) mass is 666 g/mol. The third-order valence-corrected chi connectivity index (χ3v) is 11.7. The van der Waals surface area contributed by atoms with Crippen LogP contribution in [-0.2, 0) is 4.79 Å². The van der Waals surface area contributed by atoms with Crippen LogP contribution in [0.25, 0.3) is 5.57 Å². The number of ketones is 1. The molecule has 0 fully saturated rings. The Labute approximate surface area is 290 Å². The lowest BCUT2D eigenvalue weighted by Crippen LogP contribution is -2.21. The summed E-state index contributed by atoms with van der Waals surface area (Å²) >= 11 is 3.50. The molecular formula is C41H64NO2S2+. The zero-order chi connectivity index (χ0) is 33.1. The van der Waals surface area contributed by atoms with Gasteiger partial charge in [0.2, 0.25) is 10.8 Å². The van der Waals surface area contributed by atoms with Gasteiger partial charge in [-0.15, -0.1) is 11.3 Å². The van der Waals surface area contributed by atoms with Crippen molar-refractivity contribution in [3.05, 3.63) is 61.4 Å². The molecule has 0 atom stereocenters. The summed E-state index contributed by atoms with van der Waals surface area (Å²) in [5.41, 5.74) is 3.03. The topological polar surface area (TPSA) is 40.3 Å². The number of carbonyl (C=O) groups is 1. The fourth-order valence-electron chi connectivity index (χ4n) is 6.58. The molecule has 1 aromatic heterocycles. The van der Waals surface area contributed by atoms with E-state index in [0.717, 1.165) is 28.4 Å². The van der Waals surface area contributed by atoms with Gasteiger partial charge in [0.1, 0.15) is 18.8 Å². The quantitative estimate of drug-likeness (QED) is 0.0678. The van der Waals surface area contributed by atoms with Crippen molar-refractivity contribution in [2.75, 3.05) is 13.1 Å². The number of nitrogens with zero attached hydrogens (tertiary/aromatic N) is 1. The molecule has 1 aliphatic carbocycles. The minimum atomic E-state index is -0.0485. The Bertz CT molecular complexity index is 1230. The molecule has 0 saturated carbocycles. The molecule has 0 bridgehead atoms. The number of hydrogen-bond donors (Lipinski definition) is 1. The van der Waals surface area contributed by atoms with Gasteiger partial charge in [-0.05, 0) is 69.2 Å². The van der Waals surface area contributed by atoms with E-state index in [0.29, 0.717) is 11.1 Å². The van der Waals surface area contributed by atoms with E-state index in [1.54, 1.807) is 11.3 Å². The Morgan fingerprint density at radius 3 is 1.61 bits per heavy atom. The summed E-state index contributed by atoms with van der Waals surface area (Å²) < 4.78 is 2.63. The summed E-state index contributed by atoms with van der Waals surface area (Å²) in [7, 11) is 0. The van der Waals surface area contributed by atoms with Crippen molar-refractivity contribution in [3.8, 4) is 0 Å². The lowest BCUT2D eigenvalue weighted by Gasteiger charge is -2.20. The second-order valence-electron chi connectivity index (χ2n) is 13.6. The van der Waals surface area contributed by atoms with E-state index < -0.39 is 0 Å². The number of hydrogen-bond acceptors (Lipinski definition) is 4. The highest BCUT2D eigenvalue weighted by molar-refractivity contribution is 8.18.